The van der Waals surface area contributed by atoms with Gasteiger partial charge in [0.05, 0.1) is 21.8 Å². The van der Waals surface area contributed by atoms with E-state index in [0.29, 0.717) is 5.56 Å². The van der Waals surface area contributed by atoms with Crippen LogP contribution in [0, 0.1) is 11.3 Å². The number of piperazine rings is 1. The molecule has 0 amide bonds. The van der Waals surface area contributed by atoms with Gasteiger partial charge in [0, 0.05) is 32.4 Å². The summed E-state index contributed by atoms with van der Waals surface area (Å²) in [6.07, 6.45) is 3.33. The molecule has 4 rings (SSSR count). The summed E-state index contributed by atoms with van der Waals surface area (Å²) in [6.45, 7) is 3.47. The predicted molar refractivity (Wildman–Crippen MR) is 90.8 cm³/mol. The molecule has 23 heavy (non-hydrogen) atoms. The molecule has 0 unspecified atom stereocenters. The highest BCUT2D eigenvalue weighted by Crippen LogP contribution is 2.28. The number of rotatable bonds is 2. The van der Waals surface area contributed by atoms with E-state index in [1.54, 1.807) is 29.9 Å². The van der Waals surface area contributed by atoms with Crippen molar-refractivity contribution in [3.8, 4) is 6.07 Å². The topological polar surface area (TPSA) is 68.9 Å². The molecule has 0 atom stereocenters. The zero-order valence-electron chi connectivity index (χ0n) is 12.4. The number of thiophene rings is 1. The summed E-state index contributed by atoms with van der Waals surface area (Å²) in [4.78, 5) is 17.7. The van der Waals surface area contributed by atoms with Gasteiger partial charge in [-0.2, -0.15) is 5.26 Å². The van der Waals surface area contributed by atoms with Gasteiger partial charge in [0.1, 0.15) is 18.0 Å². The molecule has 0 aliphatic carbocycles. The molecule has 1 aliphatic heterocycles. The van der Waals surface area contributed by atoms with Crippen LogP contribution in [-0.4, -0.2) is 41.1 Å². The average molecular weight is 322 g/mol. The molecule has 7 heteroatoms. The lowest BCUT2D eigenvalue weighted by atomic mass is 10.2. The van der Waals surface area contributed by atoms with Crippen LogP contribution in [-0.2, 0) is 0 Å². The third-order valence-corrected chi connectivity index (χ3v) is 4.90. The lowest BCUT2D eigenvalue weighted by molar-refractivity contribution is 0.643. The Bertz CT molecular complexity index is 875. The number of anilines is 2. The maximum absolute atomic E-state index is 9.01. The molecule has 3 aromatic rings. The van der Waals surface area contributed by atoms with Crippen LogP contribution in [0.3, 0.4) is 0 Å². The average Bonchev–Trinajstić information content (AvgIpc) is 3.11. The van der Waals surface area contributed by atoms with Crippen molar-refractivity contribution >= 4 is 33.2 Å². The number of aromatic nitrogens is 3. The first-order chi connectivity index (χ1) is 11.3. The normalized spacial score (nSPS) is 14.9. The first-order valence-corrected chi connectivity index (χ1v) is 8.27. The Balaban J connectivity index is 1.53. The summed E-state index contributed by atoms with van der Waals surface area (Å²) in [6, 6.07) is 7.77. The van der Waals surface area contributed by atoms with E-state index < -0.39 is 0 Å². The third-order valence-electron chi connectivity index (χ3n) is 4.00. The fourth-order valence-electron chi connectivity index (χ4n) is 2.81. The highest BCUT2D eigenvalue weighted by molar-refractivity contribution is 7.17. The van der Waals surface area contributed by atoms with E-state index in [-0.39, 0.29) is 0 Å². The Morgan fingerprint density at radius 1 is 1.04 bits per heavy atom. The Morgan fingerprint density at radius 3 is 2.70 bits per heavy atom. The number of nitrogens with zero attached hydrogens (tertiary/aromatic N) is 6. The lowest BCUT2D eigenvalue weighted by Gasteiger charge is -2.36. The Kier molecular flexibility index (Phi) is 3.52. The largest absolute Gasteiger partial charge is 0.353 e. The Labute approximate surface area is 137 Å². The smallest absolute Gasteiger partial charge is 0.150 e. The van der Waals surface area contributed by atoms with Gasteiger partial charge in [-0.25, -0.2) is 15.0 Å². The van der Waals surface area contributed by atoms with Crippen LogP contribution >= 0.6 is 11.3 Å². The van der Waals surface area contributed by atoms with Crippen LogP contribution in [0.15, 0.2) is 36.1 Å². The van der Waals surface area contributed by atoms with E-state index >= 15 is 0 Å². The minimum atomic E-state index is 0.647. The summed E-state index contributed by atoms with van der Waals surface area (Å²) in [5.74, 6) is 1.89. The van der Waals surface area contributed by atoms with Crippen LogP contribution in [0.4, 0.5) is 11.6 Å². The number of pyridine rings is 1. The SMILES string of the molecule is N#Cc1ccnc(N2CCN(c3ncnc4ccsc34)CC2)c1. The number of nitriles is 1. The van der Waals surface area contributed by atoms with Gasteiger partial charge in [0.15, 0.2) is 0 Å². The second-order valence-electron chi connectivity index (χ2n) is 5.32. The highest BCUT2D eigenvalue weighted by atomic mass is 32.1. The molecule has 0 aromatic carbocycles. The molecule has 4 heterocycles. The van der Waals surface area contributed by atoms with Gasteiger partial charge in [-0.05, 0) is 23.6 Å². The van der Waals surface area contributed by atoms with Crippen LogP contribution in [0.5, 0.6) is 0 Å². The minimum Gasteiger partial charge on any atom is -0.353 e. The number of hydrogen-bond donors (Lipinski definition) is 0. The van der Waals surface area contributed by atoms with E-state index in [2.05, 4.69) is 36.2 Å². The van der Waals surface area contributed by atoms with Crippen LogP contribution in [0.25, 0.3) is 10.2 Å². The molecular formula is C16H14N6S. The fourth-order valence-corrected chi connectivity index (χ4v) is 3.67. The standard InChI is InChI=1S/C16H14N6S/c17-10-12-1-3-18-14(9-12)21-4-6-22(7-5-21)16-15-13(2-8-23-15)19-11-20-16/h1-3,8-9,11H,4-7H2. The highest BCUT2D eigenvalue weighted by Gasteiger charge is 2.21. The van der Waals surface area contributed by atoms with Crippen molar-refractivity contribution in [1.82, 2.24) is 15.0 Å². The van der Waals surface area contributed by atoms with E-state index in [1.807, 2.05) is 12.1 Å². The third kappa shape index (κ3) is 2.58. The summed E-state index contributed by atoms with van der Waals surface area (Å²) >= 11 is 1.68. The molecule has 0 spiro atoms. The van der Waals surface area contributed by atoms with Crippen LogP contribution in [0.1, 0.15) is 5.56 Å². The molecular weight excluding hydrogens is 308 g/mol. The Hall–Kier alpha value is -2.72. The zero-order valence-corrected chi connectivity index (χ0v) is 13.2. The zero-order chi connectivity index (χ0) is 15.6. The van der Waals surface area contributed by atoms with E-state index in [9.17, 15) is 0 Å². The van der Waals surface area contributed by atoms with Crippen molar-refractivity contribution in [3.63, 3.8) is 0 Å². The van der Waals surface area contributed by atoms with Crippen molar-refractivity contribution in [2.24, 2.45) is 0 Å². The maximum atomic E-state index is 9.01. The molecule has 3 aromatic heterocycles. The molecule has 1 saturated heterocycles. The summed E-state index contributed by atoms with van der Waals surface area (Å²) in [7, 11) is 0. The van der Waals surface area contributed by atoms with Crippen molar-refractivity contribution in [1.29, 1.82) is 5.26 Å². The van der Waals surface area contributed by atoms with Gasteiger partial charge in [-0.1, -0.05) is 0 Å². The first kappa shape index (κ1) is 13.9. The van der Waals surface area contributed by atoms with Gasteiger partial charge < -0.3 is 9.80 Å². The van der Waals surface area contributed by atoms with Gasteiger partial charge in [-0.3, -0.25) is 0 Å². The van der Waals surface area contributed by atoms with Crippen molar-refractivity contribution < 1.29 is 0 Å². The quantitative estimate of drug-likeness (QED) is 0.721. The van der Waals surface area contributed by atoms with E-state index in [1.165, 1.54) is 0 Å². The monoisotopic (exact) mass is 322 g/mol. The summed E-state index contributed by atoms with van der Waals surface area (Å²) < 4.78 is 1.14. The molecule has 6 nitrogen and oxygen atoms in total. The number of hydrogen-bond acceptors (Lipinski definition) is 7. The van der Waals surface area contributed by atoms with Crippen molar-refractivity contribution in [2.75, 3.05) is 36.0 Å². The molecule has 0 bridgehead atoms. The maximum Gasteiger partial charge on any atom is 0.150 e. The molecule has 1 aliphatic rings. The van der Waals surface area contributed by atoms with Crippen molar-refractivity contribution in [3.05, 3.63) is 41.7 Å². The minimum absolute atomic E-state index is 0.647. The molecule has 114 valence electrons. The predicted octanol–water partition coefficient (Wildman–Crippen LogP) is 2.28. The molecule has 0 radical (unpaired) electrons. The molecule has 0 saturated carbocycles. The van der Waals surface area contributed by atoms with E-state index in [4.69, 9.17) is 5.26 Å². The van der Waals surface area contributed by atoms with Gasteiger partial charge in [-0.15, -0.1) is 11.3 Å². The van der Waals surface area contributed by atoms with Gasteiger partial charge in [0.25, 0.3) is 0 Å². The van der Waals surface area contributed by atoms with Crippen molar-refractivity contribution in [2.45, 2.75) is 0 Å². The Morgan fingerprint density at radius 2 is 1.87 bits per heavy atom. The number of fused-ring (bicyclic) bond motifs is 1. The van der Waals surface area contributed by atoms with Gasteiger partial charge in [0.2, 0.25) is 0 Å². The molecule has 1 fully saturated rings. The summed E-state index contributed by atoms with van der Waals surface area (Å²) in [5, 5.41) is 11.1. The van der Waals surface area contributed by atoms with Crippen LogP contribution < -0.4 is 9.80 Å². The lowest BCUT2D eigenvalue weighted by Crippen LogP contribution is -2.47. The second kappa shape index (κ2) is 5.82. The molecule has 0 N–H and O–H groups in total. The summed E-state index contributed by atoms with van der Waals surface area (Å²) in [5.41, 5.74) is 1.65. The second-order valence-corrected chi connectivity index (χ2v) is 6.24. The van der Waals surface area contributed by atoms with E-state index in [0.717, 1.165) is 48.0 Å². The first-order valence-electron chi connectivity index (χ1n) is 7.39. The fraction of sp³-hybridized carbons (Fsp3) is 0.250. The van der Waals surface area contributed by atoms with Gasteiger partial charge >= 0.3 is 0 Å². The van der Waals surface area contributed by atoms with Crippen LogP contribution in [0.2, 0.25) is 0 Å².